The predicted molar refractivity (Wildman–Crippen MR) is 103 cm³/mol. The summed E-state index contributed by atoms with van der Waals surface area (Å²) in [7, 11) is 0. The Morgan fingerprint density at radius 3 is 2.48 bits per heavy atom. The van der Waals surface area contributed by atoms with Crippen molar-refractivity contribution < 1.29 is 32.7 Å². The van der Waals surface area contributed by atoms with Crippen LogP contribution in [0.3, 0.4) is 0 Å². The molecule has 3 aliphatic carbocycles. The van der Waals surface area contributed by atoms with Crippen molar-refractivity contribution in [1.82, 2.24) is 0 Å². The molecule has 1 heteroatoms. The second kappa shape index (κ2) is 6.30. The Bertz CT molecular complexity index is 713. The summed E-state index contributed by atoms with van der Waals surface area (Å²) in [6.07, 6.45) is 11.9. The molecule has 4 rings (SSSR count). The molecule has 133 valence electrons. The van der Waals surface area contributed by atoms with Gasteiger partial charge in [-0.1, -0.05) is 54.0 Å². The fourth-order valence-electron chi connectivity index (χ4n) is 6.94. The third kappa shape index (κ3) is 2.68. The van der Waals surface area contributed by atoms with Gasteiger partial charge in [-0.05, 0) is 53.8 Å². The maximum Gasteiger partial charge on any atom is 0 e. The Balaban J connectivity index is 0.00000182. The van der Waals surface area contributed by atoms with Crippen molar-refractivity contribution in [3.05, 3.63) is 40.5 Å². The monoisotopic (exact) mass is 410 g/mol. The van der Waals surface area contributed by atoms with Crippen LogP contribution < -0.4 is 0 Å². The van der Waals surface area contributed by atoms with Gasteiger partial charge in [-0.2, -0.15) is 23.3 Å². The fourth-order valence-corrected chi connectivity index (χ4v) is 6.94. The van der Waals surface area contributed by atoms with E-state index in [0.29, 0.717) is 16.7 Å². The summed E-state index contributed by atoms with van der Waals surface area (Å²) in [5.41, 5.74) is 6.99. The first-order valence-corrected chi connectivity index (χ1v) is 9.91. The Hall–Kier alpha value is 0.0639. The molecular weight excluding hydrogens is 377 g/mol. The molecule has 1 unspecified atom stereocenters. The maximum absolute atomic E-state index is 3.72. The van der Waals surface area contributed by atoms with Crippen LogP contribution >= 0.6 is 0 Å². The summed E-state index contributed by atoms with van der Waals surface area (Å²) >= 11 is 0. The van der Waals surface area contributed by atoms with E-state index in [9.17, 15) is 0 Å². The summed E-state index contributed by atoms with van der Waals surface area (Å²) in [4.78, 5) is 0. The van der Waals surface area contributed by atoms with E-state index >= 15 is 0 Å². The second-order valence-corrected chi connectivity index (χ2v) is 10.1. The number of fused-ring (bicyclic) bond motifs is 5. The minimum Gasteiger partial charge on any atom is -0.179 e. The number of allylic oxidation sites excluding steroid dienone is 1. The molecule has 0 bridgehead atoms. The van der Waals surface area contributed by atoms with E-state index in [1.807, 2.05) is 0 Å². The van der Waals surface area contributed by atoms with E-state index < -0.39 is 0 Å². The van der Waals surface area contributed by atoms with Crippen LogP contribution in [-0.2, 0) is 38.1 Å². The summed E-state index contributed by atoms with van der Waals surface area (Å²) in [5, 5.41) is 0. The molecule has 1 aromatic carbocycles. The minimum atomic E-state index is 0. The van der Waals surface area contributed by atoms with E-state index in [-0.39, 0.29) is 38.1 Å². The van der Waals surface area contributed by atoms with Gasteiger partial charge in [-0.3, -0.25) is 0 Å². The summed E-state index contributed by atoms with van der Waals surface area (Å²) in [6.45, 7) is 14.7. The van der Waals surface area contributed by atoms with Crippen LogP contribution in [0.4, 0.5) is 0 Å². The zero-order chi connectivity index (χ0) is 17.3. The van der Waals surface area contributed by atoms with Crippen LogP contribution in [0.2, 0.25) is 0 Å². The van der Waals surface area contributed by atoms with E-state index in [4.69, 9.17) is 0 Å². The van der Waals surface area contributed by atoms with Crippen molar-refractivity contribution in [3.8, 4) is 0 Å². The molecule has 0 N–H and O–H groups in total. The van der Waals surface area contributed by atoms with Crippen molar-refractivity contribution in [1.29, 1.82) is 0 Å². The normalized spacial score (nSPS) is 38.2. The van der Waals surface area contributed by atoms with Crippen molar-refractivity contribution >= 4 is 6.08 Å². The Kier molecular flexibility index (Phi) is 5.00. The van der Waals surface area contributed by atoms with E-state index in [1.54, 1.807) is 0 Å². The van der Waals surface area contributed by atoms with E-state index in [2.05, 4.69) is 65.8 Å². The van der Waals surface area contributed by atoms with Crippen LogP contribution in [0, 0.1) is 42.6 Å². The van der Waals surface area contributed by atoms with Crippen molar-refractivity contribution in [2.24, 2.45) is 22.7 Å². The van der Waals surface area contributed by atoms with Gasteiger partial charge in [0.1, 0.15) is 0 Å². The van der Waals surface area contributed by atoms with Gasteiger partial charge in [0.15, 0.2) is 0 Å². The molecule has 0 spiro atoms. The number of hydrogen-bond acceptors (Lipinski definition) is 0. The van der Waals surface area contributed by atoms with Gasteiger partial charge in [-0.15, -0.1) is 17.2 Å². The molecule has 0 aromatic heterocycles. The van der Waals surface area contributed by atoms with Gasteiger partial charge >= 0.3 is 0 Å². The van der Waals surface area contributed by atoms with E-state index in [1.165, 1.54) is 54.4 Å². The molecule has 0 aliphatic heterocycles. The molecule has 1 radical (unpaired) electrons. The van der Waals surface area contributed by atoms with Crippen LogP contribution in [0.15, 0.2) is 12.1 Å². The number of benzene rings is 1. The average Bonchev–Trinajstić information content (AvgIpc) is 2.49. The SMILES string of the molecule is Cc1c[c-]c2c(c1C)C=C[C@H]1[C@@]2(C)CCC2C(C)(C)CCC[C@@]21C.[Y]. The molecule has 2 saturated carbocycles. The minimum absolute atomic E-state index is 0. The third-order valence-electron chi connectivity index (χ3n) is 8.35. The predicted octanol–water partition coefficient (Wildman–Crippen LogP) is 6.63. The Morgan fingerprint density at radius 2 is 1.76 bits per heavy atom. The molecule has 0 heterocycles. The van der Waals surface area contributed by atoms with Crippen LogP contribution in [0.25, 0.3) is 6.08 Å². The summed E-state index contributed by atoms with van der Waals surface area (Å²) in [5.74, 6) is 1.52. The molecule has 2 fully saturated rings. The molecule has 3 aliphatic rings. The number of rotatable bonds is 0. The summed E-state index contributed by atoms with van der Waals surface area (Å²) in [6, 6.07) is 5.95. The van der Waals surface area contributed by atoms with Crippen molar-refractivity contribution in [2.75, 3.05) is 0 Å². The topological polar surface area (TPSA) is 0 Å². The quantitative estimate of drug-likeness (QED) is 0.421. The number of hydrogen-bond donors (Lipinski definition) is 0. The van der Waals surface area contributed by atoms with Gasteiger partial charge in [0.25, 0.3) is 0 Å². The zero-order valence-corrected chi connectivity index (χ0v) is 19.8. The molecule has 0 saturated heterocycles. The van der Waals surface area contributed by atoms with Crippen LogP contribution in [0.5, 0.6) is 0 Å². The average molecular weight is 410 g/mol. The molecular formula is C24H33Y-. The van der Waals surface area contributed by atoms with Crippen LogP contribution in [0.1, 0.15) is 82.1 Å². The van der Waals surface area contributed by atoms with Gasteiger partial charge in [0, 0.05) is 32.7 Å². The van der Waals surface area contributed by atoms with Gasteiger partial charge in [-0.25, -0.2) is 0 Å². The summed E-state index contributed by atoms with van der Waals surface area (Å²) < 4.78 is 0. The molecule has 25 heavy (non-hydrogen) atoms. The second-order valence-electron chi connectivity index (χ2n) is 10.1. The maximum atomic E-state index is 3.72. The van der Waals surface area contributed by atoms with Gasteiger partial charge in [0.2, 0.25) is 0 Å². The first kappa shape index (κ1) is 19.8. The van der Waals surface area contributed by atoms with Gasteiger partial charge in [0.05, 0.1) is 0 Å². The van der Waals surface area contributed by atoms with Crippen molar-refractivity contribution in [3.63, 3.8) is 0 Å². The first-order chi connectivity index (χ1) is 11.2. The first-order valence-electron chi connectivity index (χ1n) is 9.91. The van der Waals surface area contributed by atoms with Crippen LogP contribution in [-0.4, -0.2) is 0 Å². The Labute approximate surface area is 180 Å². The number of aryl methyl sites for hydroxylation is 1. The zero-order valence-electron chi connectivity index (χ0n) is 17.0. The Morgan fingerprint density at radius 1 is 1.04 bits per heavy atom. The third-order valence-corrected chi connectivity index (χ3v) is 8.35. The largest absolute Gasteiger partial charge is 0.179 e. The fraction of sp³-hybridized carbons (Fsp3) is 0.667. The van der Waals surface area contributed by atoms with E-state index in [0.717, 1.165) is 5.92 Å². The molecule has 1 aromatic rings. The molecule has 4 atom stereocenters. The molecule has 0 amide bonds. The van der Waals surface area contributed by atoms with Gasteiger partial charge < -0.3 is 0 Å². The molecule has 0 nitrogen and oxygen atoms in total. The smallest absolute Gasteiger partial charge is 0 e. The standard InChI is InChI=1S/C24H33.Y/c1-16-8-10-19-18(17(16)2)9-11-21-23(19,5)15-12-20-22(3,4)13-7-14-24(20,21)6;/h8-9,11,20-21H,7,12-15H2,1-6H3;/q-1;/t20?,21-,23-,24-;/m0./s1. The van der Waals surface area contributed by atoms with Crippen molar-refractivity contribution in [2.45, 2.75) is 79.1 Å².